The molecule has 0 fully saturated rings. The first-order chi connectivity index (χ1) is 12.6. The summed E-state index contributed by atoms with van der Waals surface area (Å²) in [6.07, 6.45) is 1.50. The van der Waals surface area contributed by atoms with E-state index in [1.807, 2.05) is 11.4 Å². The van der Waals surface area contributed by atoms with Crippen LogP contribution in [-0.2, 0) is 4.79 Å². The van der Waals surface area contributed by atoms with E-state index in [0.29, 0.717) is 17.1 Å². The molecule has 0 radical (unpaired) electrons. The SMILES string of the molecule is COc1cc(OC)cc(-c2nnc(S/C(=C\c3cccs3)C(=O)[O-])o2)c1. The summed E-state index contributed by atoms with van der Waals surface area (Å²) in [7, 11) is 3.07. The molecule has 0 N–H and O–H groups in total. The quantitative estimate of drug-likeness (QED) is 0.449. The maximum absolute atomic E-state index is 11.4. The van der Waals surface area contributed by atoms with Crippen molar-refractivity contribution in [3.63, 3.8) is 0 Å². The molecule has 1 aromatic carbocycles. The standard InChI is InChI=1S/C17H14N2O5S2/c1-22-11-6-10(7-12(8-11)23-2)15-18-19-17(24-15)26-14(16(20)21)9-13-4-3-5-25-13/h3-9H,1-2H3,(H,20,21)/p-1/b14-9-. The van der Waals surface area contributed by atoms with E-state index >= 15 is 0 Å². The van der Waals surface area contributed by atoms with E-state index in [-0.39, 0.29) is 16.0 Å². The van der Waals surface area contributed by atoms with Gasteiger partial charge >= 0.3 is 0 Å². The summed E-state index contributed by atoms with van der Waals surface area (Å²) in [4.78, 5) is 12.1. The van der Waals surface area contributed by atoms with Crippen molar-refractivity contribution in [2.75, 3.05) is 14.2 Å². The van der Waals surface area contributed by atoms with E-state index in [9.17, 15) is 9.90 Å². The summed E-state index contributed by atoms with van der Waals surface area (Å²) in [5.41, 5.74) is 0.595. The van der Waals surface area contributed by atoms with Gasteiger partial charge < -0.3 is 23.8 Å². The number of thiophene rings is 1. The molecule has 9 heteroatoms. The number of methoxy groups -OCH3 is 2. The van der Waals surface area contributed by atoms with Crippen LogP contribution in [0.2, 0.25) is 0 Å². The Morgan fingerprint density at radius 3 is 2.54 bits per heavy atom. The summed E-state index contributed by atoms with van der Waals surface area (Å²) in [5.74, 6) is 0.0456. The fourth-order valence-corrected chi connectivity index (χ4v) is 3.42. The van der Waals surface area contributed by atoms with Gasteiger partial charge in [-0.25, -0.2) is 0 Å². The molecular formula is C17H13N2O5S2-. The van der Waals surface area contributed by atoms with Gasteiger partial charge in [0.05, 0.1) is 20.2 Å². The molecule has 134 valence electrons. The molecule has 3 aromatic rings. The third-order valence-electron chi connectivity index (χ3n) is 3.22. The van der Waals surface area contributed by atoms with Crippen LogP contribution >= 0.6 is 23.1 Å². The highest BCUT2D eigenvalue weighted by molar-refractivity contribution is 8.03. The Bertz CT molecular complexity index is 912. The van der Waals surface area contributed by atoms with Crippen LogP contribution in [0.5, 0.6) is 11.5 Å². The smallest absolute Gasteiger partial charge is 0.281 e. The number of carbonyl (C=O) groups is 1. The van der Waals surface area contributed by atoms with Gasteiger partial charge in [-0.3, -0.25) is 0 Å². The van der Waals surface area contributed by atoms with Crippen molar-refractivity contribution in [1.82, 2.24) is 10.2 Å². The zero-order valence-electron chi connectivity index (χ0n) is 13.8. The lowest BCUT2D eigenvalue weighted by atomic mass is 10.2. The van der Waals surface area contributed by atoms with Gasteiger partial charge in [-0.1, -0.05) is 6.07 Å². The summed E-state index contributed by atoms with van der Waals surface area (Å²) < 4.78 is 16.0. The predicted octanol–water partition coefficient (Wildman–Crippen LogP) is 2.70. The molecule has 0 bridgehead atoms. The zero-order chi connectivity index (χ0) is 18.5. The fraction of sp³-hybridized carbons (Fsp3) is 0.118. The molecule has 0 atom stereocenters. The fourth-order valence-electron chi connectivity index (χ4n) is 2.03. The number of nitrogens with zero attached hydrogens (tertiary/aromatic N) is 2. The number of ether oxygens (including phenoxy) is 2. The van der Waals surface area contributed by atoms with Crippen molar-refractivity contribution in [3.05, 3.63) is 45.5 Å². The van der Waals surface area contributed by atoms with Crippen molar-refractivity contribution in [2.24, 2.45) is 0 Å². The molecule has 3 rings (SSSR count). The maximum atomic E-state index is 11.4. The van der Waals surface area contributed by atoms with Gasteiger partial charge in [0.25, 0.3) is 5.22 Å². The number of hydrogen-bond donors (Lipinski definition) is 0. The third-order valence-corrected chi connectivity index (χ3v) is 4.88. The first-order valence-corrected chi connectivity index (χ1v) is 9.00. The second-order valence-corrected chi connectivity index (χ2v) is 6.86. The molecule has 0 unspecified atom stereocenters. The Kier molecular flexibility index (Phi) is 5.59. The first-order valence-electron chi connectivity index (χ1n) is 7.30. The van der Waals surface area contributed by atoms with E-state index in [1.165, 1.54) is 31.6 Å². The summed E-state index contributed by atoms with van der Waals surface area (Å²) in [6.45, 7) is 0. The average molecular weight is 389 g/mol. The molecule has 0 amide bonds. The minimum atomic E-state index is -1.31. The number of hydrogen-bond acceptors (Lipinski definition) is 9. The Labute approximate surface area is 157 Å². The number of aliphatic carboxylic acids is 1. The van der Waals surface area contributed by atoms with Gasteiger partial charge in [0.2, 0.25) is 5.89 Å². The highest BCUT2D eigenvalue weighted by Crippen LogP contribution is 2.33. The number of aromatic nitrogens is 2. The van der Waals surface area contributed by atoms with Crippen molar-refractivity contribution in [1.29, 1.82) is 0 Å². The monoisotopic (exact) mass is 389 g/mol. The Morgan fingerprint density at radius 2 is 1.96 bits per heavy atom. The van der Waals surface area contributed by atoms with Gasteiger partial charge in [-0.15, -0.1) is 21.5 Å². The molecule has 0 aliphatic carbocycles. The number of carbonyl (C=O) groups excluding carboxylic acids is 1. The normalized spacial score (nSPS) is 11.4. The lowest BCUT2D eigenvalue weighted by Gasteiger charge is -2.06. The van der Waals surface area contributed by atoms with E-state index in [1.54, 1.807) is 24.3 Å². The number of carboxylic acid groups (broad SMARTS) is 1. The molecular weight excluding hydrogens is 376 g/mol. The lowest BCUT2D eigenvalue weighted by Crippen LogP contribution is -2.22. The molecule has 2 aromatic heterocycles. The van der Waals surface area contributed by atoms with Crippen LogP contribution < -0.4 is 14.6 Å². The van der Waals surface area contributed by atoms with E-state index in [4.69, 9.17) is 13.9 Å². The average Bonchev–Trinajstić information content (AvgIpc) is 3.32. The topological polar surface area (TPSA) is 97.5 Å². The van der Waals surface area contributed by atoms with Gasteiger partial charge in [-0.05, 0) is 41.4 Å². The second-order valence-electron chi connectivity index (χ2n) is 4.89. The van der Waals surface area contributed by atoms with Crippen LogP contribution in [-0.4, -0.2) is 30.4 Å². The van der Waals surface area contributed by atoms with Crippen molar-refractivity contribution in [2.45, 2.75) is 5.22 Å². The highest BCUT2D eigenvalue weighted by Gasteiger charge is 2.14. The van der Waals surface area contributed by atoms with Crippen molar-refractivity contribution in [3.8, 4) is 23.0 Å². The number of thioether (sulfide) groups is 1. The minimum Gasteiger partial charge on any atom is -0.544 e. The van der Waals surface area contributed by atoms with E-state index in [2.05, 4.69) is 10.2 Å². The Balaban J connectivity index is 1.86. The zero-order valence-corrected chi connectivity index (χ0v) is 15.4. The molecule has 0 spiro atoms. The van der Waals surface area contributed by atoms with Gasteiger partial charge in [0, 0.05) is 21.4 Å². The number of benzene rings is 1. The highest BCUT2D eigenvalue weighted by atomic mass is 32.2. The Morgan fingerprint density at radius 1 is 1.23 bits per heavy atom. The molecule has 0 aliphatic heterocycles. The molecule has 0 aliphatic rings. The second kappa shape index (κ2) is 8.07. The number of carboxylic acids is 1. The van der Waals surface area contributed by atoms with Crippen molar-refractivity contribution < 1.29 is 23.8 Å². The molecule has 0 saturated heterocycles. The predicted molar refractivity (Wildman–Crippen MR) is 96.0 cm³/mol. The van der Waals surface area contributed by atoms with Crippen LogP contribution in [0.3, 0.4) is 0 Å². The van der Waals surface area contributed by atoms with Crippen LogP contribution in [0.1, 0.15) is 4.88 Å². The largest absolute Gasteiger partial charge is 0.544 e. The molecule has 26 heavy (non-hydrogen) atoms. The third kappa shape index (κ3) is 4.24. The van der Waals surface area contributed by atoms with Crippen LogP contribution in [0.4, 0.5) is 0 Å². The van der Waals surface area contributed by atoms with Crippen LogP contribution in [0.25, 0.3) is 17.5 Å². The van der Waals surface area contributed by atoms with Gasteiger partial charge in [0.1, 0.15) is 11.5 Å². The number of rotatable bonds is 7. The van der Waals surface area contributed by atoms with Crippen LogP contribution in [0.15, 0.2) is 50.3 Å². The summed E-state index contributed by atoms with van der Waals surface area (Å²) in [5, 5.41) is 21.1. The van der Waals surface area contributed by atoms with Crippen LogP contribution in [0, 0.1) is 0 Å². The van der Waals surface area contributed by atoms with Gasteiger partial charge in [-0.2, -0.15) is 0 Å². The van der Waals surface area contributed by atoms with Crippen molar-refractivity contribution >= 4 is 35.1 Å². The lowest BCUT2D eigenvalue weighted by molar-refractivity contribution is -0.298. The molecule has 0 saturated carbocycles. The Hall–Kier alpha value is -2.78. The summed E-state index contributed by atoms with van der Waals surface area (Å²) >= 11 is 2.25. The van der Waals surface area contributed by atoms with Gasteiger partial charge in [0.15, 0.2) is 0 Å². The minimum absolute atomic E-state index is 0.0223. The maximum Gasteiger partial charge on any atom is 0.281 e. The summed E-state index contributed by atoms with van der Waals surface area (Å²) in [6, 6.07) is 8.77. The first kappa shape index (κ1) is 18.0. The molecule has 7 nitrogen and oxygen atoms in total. The van der Waals surface area contributed by atoms with E-state index in [0.717, 1.165) is 16.6 Å². The molecule has 2 heterocycles. The van der Waals surface area contributed by atoms with E-state index < -0.39 is 5.97 Å².